The third kappa shape index (κ3) is 9.50. The SMILES string of the molecule is CCNC(=NCc1cccc(Cn2cncn2)c1)NCC(C)(C)NC(=O)OC(C)(C)C. The highest BCUT2D eigenvalue weighted by Crippen LogP contribution is 2.10. The van der Waals surface area contributed by atoms with Gasteiger partial charge in [-0.3, -0.25) is 0 Å². The lowest BCUT2D eigenvalue weighted by molar-refractivity contribution is 0.0474. The quantitative estimate of drug-likeness (QED) is 0.440. The van der Waals surface area contributed by atoms with E-state index in [0.29, 0.717) is 25.6 Å². The summed E-state index contributed by atoms with van der Waals surface area (Å²) < 4.78 is 7.13. The van der Waals surface area contributed by atoms with Crippen LogP contribution < -0.4 is 16.0 Å². The monoisotopic (exact) mass is 429 g/mol. The van der Waals surface area contributed by atoms with Gasteiger partial charge in [0.25, 0.3) is 0 Å². The third-order valence-corrected chi connectivity index (χ3v) is 4.10. The van der Waals surface area contributed by atoms with E-state index >= 15 is 0 Å². The van der Waals surface area contributed by atoms with Crippen LogP contribution in [0.5, 0.6) is 0 Å². The zero-order valence-electron chi connectivity index (χ0n) is 19.4. The molecule has 0 aliphatic heterocycles. The Hall–Kier alpha value is -3.10. The largest absolute Gasteiger partial charge is 0.444 e. The molecule has 1 aromatic carbocycles. The van der Waals surface area contributed by atoms with Crippen molar-refractivity contribution < 1.29 is 9.53 Å². The first-order valence-corrected chi connectivity index (χ1v) is 10.5. The number of aliphatic imine (C=N–C) groups is 1. The van der Waals surface area contributed by atoms with Crippen molar-refractivity contribution in [2.45, 2.75) is 65.8 Å². The molecule has 0 fully saturated rings. The molecule has 1 aromatic heterocycles. The fraction of sp³-hybridized carbons (Fsp3) is 0.545. The predicted octanol–water partition coefficient (Wildman–Crippen LogP) is 2.68. The number of nitrogens with zero attached hydrogens (tertiary/aromatic N) is 4. The Balaban J connectivity index is 1.94. The van der Waals surface area contributed by atoms with Crippen LogP contribution in [-0.2, 0) is 17.8 Å². The van der Waals surface area contributed by atoms with Gasteiger partial charge in [0.15, 0.2) is 5.96 Å². The van der Waals surface area contributed by atoms with E-state index in [1.165, 1.54) is 6.33 Å². The zero-order valence-corrected chi connectivity index (χ0v) is 19.4. The maximum Gasteiger partial charge on any atom is 0.408 e. The Kier molecular flexibility index (Phi) is 8.41. The summed E-state index contributed by atoms with van der Waals surface area (Å²) in [4.78, 5) is 20.7. The van der Waals surface area contributed by atoms with Gasteiger partial charge >= 0.3 is 6.09 Å². The highest BCUT2D eigenvalue weighted by Gasteiger charge is 2.24. The lowest BCUT2D eigenvalue weighted by atomic mass is 10.1. The number of carbonyl (C=O) groups excluding carboxylic acids is 1. The number of nitrogens with one attached hydrogen (secondary N) is 3. The highest BCUT2D eigenvalue weighted by atomic mass is 16.6. The maximum atomic E-state index is 12.1. The van der Waals surface area contributed by atoms with Gasteiger partial charge in [0.1, 0.15) is 18.3 Å². The van der Waals surface area contributed by atoms with Crippen LogP contribution in [-0.4, -0.2) is 51.0 Å². The van der Waals surface area contributed by atoms with E-state index in [2.05, 4.69) is 43.2 Å². The molecular formula is C22H35N7O2. The molecule has 0 unspecified atom stereocenters. The van der Waals surface area contributed by atoms with Gasteiger partial charge in [-0.1, -0.05) is 24.3 Å². The molecule has 1 amide bonds. The molecule has 0 aliphatic rings. The maximum absolute atomic E-state index is 12.1. The van der Waals surface area contributed by atoms with Crippen molar-refractivity contribution in [3.05, 3.63) is 48.0 Å². The molecule has 0 bridgehead atoms. The van der Waals surface area contributed by atoms with Crippen LogP contribution in [0.15, 0.2) is 41.9 Å². The number of amides is 1. The summed E-state index contributed by atoms with van der Waals surface area (Å²) in [6.45, 7) is 13.8. The minimum absolute atomic E-state index is 0.439. The summed E-state index contributed by atoms with van der Waals surface area (Å²) >= 11 is 0. The second-order valence-corrected chi connectivity index (χ2v) is 8.97. The van der Waals surface area contributed by atoms with Gasteiger partial charge < -0.3 is 20.7 Å². The van der Waals surface area contributed by atoms with Crippen molar-refractivity contribution in [3.63, 3.8) is 0 Å². The average Bonchev–Trinajstić information content (AvgIpc) is 3.15. The molecule has 2 rings (SSSR count). The van der Waals surface area contributed by atoms with Gasteiger partial charge in [-0.2, -0.15) is 5.10 Å². The smallest absolute Gasteiger partial charge is 0.408 e. The lowest BCUT2D eigenvalue weighted by Crippen LogP contribution is -2.54. The Morgan fingerprint density at radius 2 is 1.90 bits per heavy atom. The summed E-state index contributed by atoms with van der Waals surface area (Å²) in [6, 6.07) is 8.24. The summed E-state index contributed by atoms with van der Waals surface area (Å²) in [7, 11) is 0. The Morgan fingerprint density at radius 1 is 1.16 bits per heavy atom. The number of alkyl carbamates (subject to hydrolysis) is 1. The fourth-order valence-corrected chi connectivity index (χ4v) is 2.77. The van der Waals surface area contributed by atoms with E-state index < -0.39 is 17.2 Å². The minimum Gasteiger partial charge on any atom is -0.444 e. The van der Waals surface area contributed by atoms with E-state index in [1.54, 1.807) is 11.0 Å². The van der Waals surface area contributed by atoms with Gasteiger partial charge in [0.05, 0.1) is 18.6 Å². The molecule has 0 saturated carbocycles. The van der Waals surface area contributed by atoms with Crippen LogP contribution in [0.4, 0.5) is 4.79 Å². The Bertz CT molecular complexity index is 855. The molecule has 1 heterocycles. The van der Waals surface area contributed by atoms with Gasteiger partial charge in [0, 0.05) is 13.1 Å². The van der Waals surface area contributed by atoms with Gasteiger partial charge in [-0.25, -0.2) is 19.5 Å². The number of rotatable bonds is 8. The van der Waals surface area contributed by atoms with E-state index in [0.717, 1.165) is 17.7 Å². The van der Waals surface area contributed by atoms with Gasteiger partial charge in [-0.05, 0) is 52.7 Å². The first kappa shape index (κ1) is 24.2. The Labute approximate surface area is 184 Å². The van der Waals surface area contributed by atoms with E-state index in [1.807, 2.05) is 53.7 Å². The van der Waals surface area contributed by atoms with Crippen molar-refractivity contribution in [1.29, 1.82) is 0 Å². The van der Waals surface area contributed by atoms with E-state index in [-0.39, 0.29) is 0 Å². The van der Waals surface area contributed by atoms with E-state index in [4.69, 9.17) is 4.74 Å². The molecule has 9 nitrogen and oxygen atoms in total. The molecule has 0 aliphatic carbocycles. The summed E-state index contributed by atoms with van der Waals surface area (Å²) in [5.41, 5.74) is 1.18. The van der Waals surface area contributed by atoms with Crippen molar-refractivity contribution in [2.75, 3.05) is 13.1 Å². The molecule has 2 aromatic rings. The number of benzene rings is 1. The zero-order chi connectivity index (χ0) is 22.9. The molecule has 0 saturated heterocycles. The van der Waals surface area contributed by atoms with Crippen LogP contribution in [0, 0.1) is 0 Å². The van der Waals surface area contributed by atoms with Crippen LogP contribution >= 0.6 is 0 Å². The van der Waals surface area contributed by atoms with Crippen molar-refractivity contribution in [2.24, 2.45) is 4.99 Å². The standard InChI is InChI=1S/C22H35N7O2/c1-7-24-19(26-14-22(5,6)28-20(30)31-21(2,3)4)25-12-17-9-8-10-18(11-17)13-29-16-23-15-27-29/h8-11,15-16H,7,12-14H2,1-6H3,(H,28,30)(H2,24,25,26). The molecule has 0 spiro atoms. The molecule has 0 radical (unpaired) electrons. The van der Waals surface area contributed by atoms with Gasteiger partial charge in [0.2, 0.25) is 0 Å². The van der Waals surface area contributed by atoms with Crippen molar-refractivity contribution in [3.8, 4) is 0 Å². The normalized spacial score (nSPS) is 12.4. The highest BCUT2D eigenvalue weighted by molar-refractivity contribution is 5.80. The van der Waals surface area contributed by atoms with Crippen molar-refractivity contribution >= 4 is 12.1 Å². The fourth-order valence-electron chi connectivity index (χ4n) is 2.77. The van der Waals surface area contributed by atoms with Crippen LogP contribution in [0.3, 0.4) is 0 Å². The Morgan fingerprint density at radius 3 is 2.55 bits per heavy atom. The molecule has 170 valence electrons. The number of hydrogen-bond donors (Lipinski definition) is 3. The average molecular weight is 430 g/mol. The minimum atomic E-state index is -0.535. The third-order valence-electron chi connectivity index (χ3n) is 4.10. The lowest BCUT2D eigenvalue weighted by Gasteiger charge is -2.29. The van der Waals surface area contributed by atoms with Crippen molar-refractivity contribution in [1.82, 2.24) is 30.7 Å². The molecule has 3 N–H and O–H groups in total. The second kappa shape index (κ2) is 10.8. The molecule has 0 atom stereocenters. The topological polar surface area (TPSA) is 105 Å². The number of hydrogen-bond acceptors (Lipinski definition) is 5. The number of guanidine groups is 1. The number of carbonyl (C=O) groups is 1. The summed E-state index contributed by atoms with van der Waals surface area (Å²) in [5.74, 6) is 0.684. The van der Waals surface area contributed by atoms with Crippen LogP contribution in [0.2, 0.25) is 0 Å². The molecule has 9 heteroatoms. The first-order chi connectivity index (χ1) is 14.6. The van der Waals surface area contributed by atoms with Crippen LogP contribution in [0.25, 0.3) is 0 Å². The molecular weight excluding hydrogens is 394 g/mol. The first-order valence-electron chi connectivity index (χ1n) is 10.5. The summed E-state index contributed by atoms with van der Waals surface area (Å²) in [6.07, 6.45) is 2.79. The number of ether oxygens (including phenoxy) is 1. The summed E-state index contributed by atoms with van der Waals surface area (Å²) in [5, 5.41) is 13.6. The van der Waals surface area contributed by atoms with Crippen LogP contribution in [0.1, 0.15) is 52.7 Å². The number of aromatic nitrogens is 3. The van der Waals surface area contributed by atoms with Gasteiger partial charge in [-0.15, -0.1) is 0 Å². The predicted molar refractivity (Wildman–Crippen MR) is 122 cm³/mol. The molecule has 31 heavy (non-hydrogen) atoms. The second-order valence-electron chi connectivity index (χ2n) is 8.97. The van der Waals surface area contributed by atoms with E-state index in [9.17, 15) is 4.79 Å².